The number of nitrogens with one attached hydrogen (secondary N) is 2. The minimum Gasteiger partial charge on any atom is -0.381 e. The summed E-state index contributed by atoms with van der Waals surface area (Å²) in [6.45, 7) is 4.49. The van der Waals surface area contributed by atoms with Gasteiger partial charge in [-0.25, -0.2) is 9.97 Å². The van der Waals surface area contributed by atoms with Gasteiger partial charge < -0.3 is 15.2 Å². The highest BCUT2D eigenvalue weighted by Gasteiger charge is 2.19. The van der Waals surface area contributed by atoms with Gasteiger partial charge in [0.1, 0.15) is 11.8 Å². The van der Waals surface area contributed by atoms with Gasteiger partial charge >= 0.3 is 0 Å². The topological polar surface area (TPSA) is 54.8 Å². The molecule has 1 aromatic carbocycles. The number of fused-ring (bicyclic) bond motifs is 1. The molecule has 1 aliphatic carbocycles. The lowest BCUT2D eigenvalue weighted by atomic mass is 9.87. The molecule has 26 heavy (non-hydrogen) atoms. The van der Waals surface area contributed by atoms with Gasteiger partial charge in [0.05, 0.1) is 16.9 Å². The molecule has 4 rings (SSSR count). The average Bonchev–Trinajstić information content (AvgIpc) is 3.01. The fraction of sp³-hybridized carbons (Fsp3) is 0.429. The summed E-state index contributed by atoms with van der Waals surface area (Å²) in [6, 6.07) is 9.07. The Balaban J connectivity index is 1.63. The number of benzene rings is 1. The Labute approximate surface area is 154 Å². The summed E-state index contributed by atoms with van der Waals surface area (Å²) in [5.74, 6) is 1.70. The van der Waals surface area contributed by atoms with Crippen LogP contribution in [0.3, 0.4) is 0 Å². The minimum absolute atomic E-state index is 0.550. The van der Waals surface area contributed by atoms with E-state index in [9.17, 15) is 0 Å². The highest BCUT2D eigenvalue weighted by atomic mass is 15.1. The highest BCUT2D eigenvalue weighted by Crippen LogP contribution is 2.32. The van der Waals surface area contributed by atoms with E-state index in [1.165, 1.54) is 31.2 Å². The van der Waals surface area contributed by atoms with Crippen LogP contribution in [0.25, 0.3) is 11.0 Å². The summed E-state index contributed by atoms with van der Waals surface area (Å²) in [6.07, 6.45) is 8.73. The van der Waals surface area contributed by atoms with E-state index >= 15 is 0 Å². The molecule has 0 bridgehead atoms. The third kappa shape index (κ3) is 3.39. The van der Waals surface area contributed by atoms with E-state index in [0.29, 0.717) is 6.04 Å². The maximum atomic E-state index is 4.48. The quantitative estimate of drug-likeness (QED) is 0.695. The van der Waals surface area contributed by atoms with Gasteiger partial charge in [-0.2, -0.15) is 0 Å². The fourth-order valence-electron chi connectivity index (χ4n) is 3.85. The molecule has 2 aromatic heterocycles. The van der Waals surface area contributed by atoms with Crippen molar-refractivity contribution in [3.05, 3.63) is 42.4 Å². The minimum atomic E-state index is 0.550. The zero-order valence-electron chi connectivity index (χ0n) is 15.8. The predicted molar refractivity (Wildman–Crippen MR) is 108 cm³/mol. The molecule has 2 heterocycles. The van der Waals surface area contributed by atoms with E-state index < -0.39 is 0 Å². The van der Waals surface area contributed by atoms with Crippen LogP contribution < -0.4 is 10.6 Å². The first-order chi connectivity index (χ1) is 12.6. The first kappa shape index (κ1) is 16.9. The molecule has 5 nitrogen and oxygen atoms in total. The van der Waals surface area contributed by atoms with Gasteiger partial charge in [-0.3, -0.25) is 0 Å². The molecule has 0 atom stereocenters. The molecule has 0 amide bonds. The molecule has 0 radical (unpaired) electrons. The van der Waals surface area contributed by atoms with Crippen molar-refractivity contribution in [1.82, 2.24) is 14.5 Å². The lowest BCUT2D eigenvalue weighted by Crippen LogP contribution is -2.25. The highest BCUT2D eigenvalue weighted by molar-refractivity contribution is 5.89. The Morgan fingerprint density at radius 2 is 1.85 bits per heavy atom. The number of anilines is 3. The summed E-state index contributed by atoms with van der Waals surface area (Å²) in [4.78, 5) is 8.84. The van der Waals surface area contributed by atoms with Crippen LogP contribution >= 0.6 is 0 Å². The molecule has 0 spiro atoms. The van der Waals surface area contributed by atoms with Gasteiger partial charge in [0.25, 0.3) is 0 Å². The van der Waals surface area contributed by atoms with Crippen molar-refractivity contribution in [3.63, 3.8) is 0 Å². The molecule has 2 N–H and O–H groups in total. The molecule has 1 aliphatic rings. The summed E-state index contributed by atoms with van der Waals surface area (Å²) in [7, 11) is 2.02. The van der Waals surface area contributed by atoms with E-state index in [4.69, 9.17) is 0 Å². The van der Waals surface area contributed by atoms with Gasteiger partial charge in [0, 0.05) is 19.3 Å². The number of hydrogen-bond acceptors (Lipinski definition) is 4. The Morgan fingerprint density at radius 1 is 1.04 bits per heavy atom. The molecule has 0 aliphatic heterocycles. The van der Waals surface area contributed by atoms with Gasteiger partial charge in [-0.15, -0.1) is 0 Å². The van der Waals surface area contributed by atoms with Crippen LogP contribution in [0, 0.1) is 12.8 Å². The number of nitrogens with zero attached hydrogens (tertiary/aromatic N) is 3. The second kappa shape index (κ2) is 6.98. The van der Waals surface area contributed by atoms with Crippen molar-refractivity contribution >= 4 is 28.2 Å². The average molecular weight is 349 g/mol. The summed E-state index contributed by atoms with van der Waals surface area (Å²) >= 11 is 0. The first-order valence-electron chi connectivity index (χ1n) is 9.50. The van der Waals surface area contributed by atoms with Crippen LogP contribution in [0.1, 0.15) is 38.2 Å². The van der Waals surface area contributed by atoms with Gasteiger partial charge in [-0.05, 0) is 62.3 Å². The van der Waals surface area contributed by atoms with Crippen LogP contribution in [0.2, 0.25) is 0 Å². The summed E-state index contributed by atoms with van der Waals surface area (Å²) in [5.41, 5.74) is 5.45. The molecule has 1 saturated carbocycles. The van der Waals surface area contributed by atoms with Crippen molar-refractivity contribution in [1.29, 1.82) is 0 Å². The zero-order valence-corrected chi connectivity index (χ0v) is 15.8. The summed E-state index contributed by atoms with van der Waals surface area (Å²) < 4.78 is 2.06. The smallest absolute Gasteiger partial charge is 0.158 e. The van der Waals surface area contributed by atoms with Crippen molar-refractivity contribution in [2.45, 2.75) is 45.6 Å². The molecule has 0 saturated heterocycles. The standard InChI is InChI=1S/C21H27N5/c1-14-4-7-16(8-5-14)24-19-12-15(2)6-9-17(19)25-21-20-18(22-13-23-21)10-11-26(20)3/h6,9-14,16,24H,4-5,7-8H2,1-3H3,(H,22,23,25). The number of aryl methyl sites for hydroxylation is 2. The van der Waals surface area contributed by atoms with Gasteiger partial charge in [-0.1, -0.05) is 13.0 Å². The SMILES string of the molecule is Cc1ccc(Nc2ncnc3ccn(C)c23)c(NC2CCC(C)CC2)c1. The van der Waals surface area contributed by atoms with E-state index in [1.54, 1.807) is 6.33 Å². The van der Waals surface area contributed by atoms with Crippen LogP contribution in [0.5, 0.6) is 0 Å². The fourth-order valence-corrected chi connectivity index (χ4v) is 3.85. The largest absolute Gasteiger partial charge is 0.381 e. The van der Waals surface area contributed by atoms with Crippen LogP contribution in [0.15, 0.2) is 36.8 Å². The second-order valence-corrected chi connectivity index (χ2v) is 7.66. The molecule has 3 aromatic rings. The Kier molecular flexibility index (Phi) is 4.53. The lowest BCUT2D eigenvalue weighted by molar-refractivity contribution is 0.361. The Morgan fingerprint density at radius 3 is 2.65 bits per heavy atom. The van der Waals surface area contributed by atoms with Gasteiger partial charge in [0.15, 0.2) is 5.82 Å². The molecule has 0 unspecified atom stereocenters. The third-order valence-corrected chi connectivity index (χ3v) is 5.46. The monoisotopic (exact) mass is 349 g/mol. The first-order valence-corrected chi connectivity index (χ1v) is 9.50. The van der Waals surface area contributed by atoms with E-state index in [2.05, 4.69) is 57.2 Å². The van der Waals surface area contributed by atoms with Crippen LogP contribution in [-0.2, 0) is 7.05 Å². The molecular formula is C21H27N5. The molecule has 5 heteroatoms. The number of aromatic nitrogens is 3. The van der Waals surface area contributed by atoms with Crippen molar-refractivity contribution in [3.8, 4) is 0 Å². The maximum absolute atomic E-state index is 4.48. The van der Waals surface area contributed by atoms with E-state index in [0.717, 1.165) is 34.1 Å². The molecule has 136 valence electrons. The van der Waals surface area contributed by atoms with Crippen LogP contribution in [0.4, 0.5) is 17.2 Å². The molecule has 1 fully saturated rings. The third-order valence-electron chi connectivity index (χ3n) is 5.46. The number of rotatable bonds is 4. The van der Waals surface area contributed by atoms with E-state index in [1.807, 2.05) is 19.3 Å². The number of hydrogen-bond donors (Lipinski definition) is 2. The normalized spacial score (nSPS) is 20.3. The molecular weight excluding hydrogens is 322 g/mol. The predicted octanol–water partition coefficient (Wildman–Crippen LogP) is 5.01. The van der Waals surface area contributed by atoms with Crippen LogP contribution in [-0.4, -0.2) is 20.6 Å². The second-order valence-electron chi connectivity index (χ2n) is 7.66. The lowest BCUT2D eigenvalue weighted by Gasteiger charge is -2.28. The van der Waals surface area contributed by atoms with E-state index in [-0.39, 0.29) is 0 Å². The summed E-state index contributed by atoms with van der Waals surface area (Å²) in [5, 5.41) is 7.31. The Bertz CT molecular complexity index is 906. The van der Waals surface area contributed by atoms with Crippen molar-refractivity contribution < 1.29 is 0 Å². The Hall–Kier alpha value is -2.56. The van der Waals surface area contributed by atoms with Gasteiger partial charge in [0.2, 0.25) is 0 Å². The van der Waals surface area contributed by atoms with Crippen molar-refractivity contribution in [2.75, 3.05) is 10.6 Å². The zero-order chi connectivity index (χ0) is 18.1. The maximum Gasteiger partial charge on any atom is 0.158 e. The van der Waals surface area contributed by atoms with Crippen molar-refractivity contribution in [2.24, 2.45) is 13.0 Å².